The van der Waals surface area contributed by atoms with Crippen LogP contribution in [0, 0.1) is 22.7 Å². The highest BCUT2D eigenvalue weighted by Gasteiger charge is 2.61. The molecular formula is C22H40N4O4. The Morgan fingerprint density at radius 2 is 1.80 bits per heavy atom. The van der Waals surface area contributed by atoms with Crippen molar-refractivity contribution in [2.45, 2.75) is 91.3 Å². The molecule has 8 nitrogen and oxygen atoms in total. The lowest BCUT2D eigenvalue weighted by atomic mass is 9.69. The van der Waals surface area contributed by atoms with Crippen molar-refractivity contribution in [3.05, 3.63) is 0 Å². The summed E-state index contributed by atoms with van der Waals surface area (Å²) in [4.78, 5) is 36.9. The minimum atomic E-state index is -1.09. The molecule has 2 aliphatic carbocycles. The van der Waals surface area contributed by atoms with Gasteiger partial charge in [0.05, 0.1) is 0 Å². The van der Waals surface area contributed by atoms with Gasteiger partial charge in [0, 0.05) is 6.04 Å². The fourth-order valence-electron chi connectivity index (χ4n) is 5.31. The molecule has 3 amide bonds. The summed E-state index contributed by atoms with van der Waals surface area (Å²) in [6.45, 7) is 11.1. The standard InChI is InChI=1S/C22H40N4O4/c1-13(2)17(26-20(30)24-15(19(28)29)8-6-7-11-23)18(27)25-16-12-14-9-10-22(16,5)21(14,3)4/h13-17H,6-12,23H2,1-5H3,(H,25,27)(H,28,29)(H2,24,26,30). The zero-order valence-electron chi connectivity index (χ0n) is 19.1. The van der Waals surface area contributed by atoms with Crippen molar-refractivity contribution in [3.63, 3.8) is 0 Å². The number of carboxylic acid groups (broad SMARTS) is 1. The molecule has 2 saturated carbocycles. The fraction of sp³-hybridized carbons (Fsp3) is 0.864. The number of fused-ring (bicyclic) bond motifs is 2. The Balaban J connectivity index is 1.97. The molecule has 172 valence electrons. The summed E-state index contributed by atoms with van der Waals surface area (Å²) in [6.07, 6.45) is 4.87. The smallest absolute Gasteiger partial charge is 0.326 e. The van der Waals surface area contributed by atoms with E-state index in [1.54, 1.807) is 0 Å². The third kappa shape index (κ3) is 4.90. The molecule has 30 heavy (non-hydrogen) atoms. The number of amides is 3. The summed E-state index contributed by atoms with van der Waals surface area (Å²) in [5, 5.41) is 17.7. The molecule has 6 N–H and O–H groups in total. The van der Waals surface area contributed by atoms with E-state index in [-0.39, 0.29) is 28.7 Å². The maximum absolute atomic E-state index is 13.1. The Bertz CT molecular complexity index is 651. The Morgan fingerprint density at radius 3 is 2.27 bits per heavy atom. The summed E-state index contributed by atoms with van der Waals surface area (Å²) in [5.41, 5.74) is 5.68. The first-order chi connectivity index (χ1) is 13.9. The molecule has 0 aliphatic heterocycles. The van der Waals surface area contributed by atoms with E-state index in [1.165, 1.54) is 6.42 Å². The van der Waals surface area contributed by atoms with Crippen LogP contribution in [-0.2, 0) is 9.59 Å². The van der Waals surface area contributed by atoms with E-state index in [9.17, 15) is 19.5 Å². The Labute approximate surface area is 180 Å². The van der Waals surface area contributed by atoms with Crippen LogP contribution in [0.25, 0.3) is 0 Å². The van der Waals surface area contributed by atoms with Crippen molar-refractivity contribution >= 4 is 17.9 Å². The van der Waals surface area contributed by atoms with Crippen molar-refractivity contribution in [1.29, 1.82) is 0 Å². The quantitative estimate of drug-likeness (QED) is 0.343. The molecular weight excluding hydrogens is 384 g/mol. The summed E-state index contributed by atoms with van der Waals surface area (Å²) >= 11 is 0. The van der Waals surface area contributed by atoms with E-state index in [0.29, 0.717) is 31.7 Å². The summed E-state index contributed by atoms with van der Waals surface area (Å²) in [7, 11) is 0. The van der Waals surface area contributed by atoms with Crippen LogP contribution < -0.4 is 21.7 Å². The lowest BCUT2D eigenvalue weighted by Gasteiger charge is -2.40. The number of urea groups is 1. The summed E-state index contributed by atoms with van der Waals surface area (Å²) in [6, 6.07) is -2.27. The summed E-state index contributed by atoms with van der Waals surface area (Å²) in [5.74, 6) is -0.823. The first-order valence-corrected chi connectivity index (χ1v) is 11.2. The van der Waals surface area contributed by atoms with Gasteiger partial charge in [0.25, 0.3) is 0 Å². The van der Waals surface area contributed by atoms with Crippen LogP contribution in [0.2, 0.25) is 0 Å². The van der Waals surface area contributed by atoms with Crippen LogP contribution in [0.1, 0.15) is 73.1 Å². The van der Waals surface area contributed by atoms with Gasteiger partial charge in [-0.05, 0) is 67.7 Å². The number of carbonyl (C=O) groups excluding carboxylic acids is 2. The van der Waals surface area contributed by atoms with Gasteiger partial charge in [-0.25, -0.2) is 9.59 Å². The van der Waals surface area contributed by atoms with Crippen LogP contribution in [0.5, 0.6) is 0 Å². The second-order valence-electron chi connectivity index (χ2n) is 10.2. The summed E-state index contributed by atoms with van der Waals surface area (Å²) < 4.78 is 0. The van der Waals surface area contributed by atoms with Gasteiger partial charge in [-0.2, -0.15) is 0 Å². The molecule has 2 aliphatic rings. The molecule has 0 aromatic carbocycles. The average Bonchev–Trinajstić information content (AvgIpc) is 2.98. The van der Waals surface area contributed by atoms with Gasteiger partial charge in [-0.3, -0.25) is 4.79 Å². The zero-order valence-corrected chi connectivity index (χ0v) is 19.1. The fourth-order valence-corrected chi connectivity index (χ4v) is 5.31. The molecule has 0 spiro atoms. The van der Waals surface area contributed by atoms with E-state index in [4.69, 9.17) is 5.73 Å². The van der Waals surface area contributed by atoms with Crippen LogP contribution >= 0.6 is 0 Å². The van der Waals surface area contributed by atoms with Crippen LogP contribution in [-0.4, -0.2) is 47.7 Å². The van der Waals surface area contributed by atoms with Crippen molar-refractivity contribution in [2.24, 2.45) is 28.4 Å². The number of unbranched alkanes of at least 4 members (excludes halogenated alkanes) is 1. The predicted molar refractivity (Wildman–Crippen MR) is 116 cm³/mol. The van der Waals surface area contributed by atoms with E-state index in [2.05, 4.69) is 36.7 Å². The number of nitrogens with two attached hydrogens (primary N) is 1. The van der Waals surface area contributed by atoms with E-state index in [1.807, 2.05) is 13.8 Å². The lowest BCUT2D eigenvalue weighted by Crippen LogP contribution is -2.58. The number of hydrogen-bond donors (Lipinski definition) is 5. The molecule has 0 saturated heterocycles. The average molecular weight is 425 g/mol. The number of carboxylic acids is 1. The number of aliphatic carboxylic acids is 1. The third-order valence-corrected chi connectivity index (χ3v) is 7.90. The van der Waals surface area contributed by atoms with Gasteiger partial charge < -0.3 is 26.8 Å². The molecule has 0 aromatic heterocycles. The van der Waals surface area contributed by atoms with Crippen molar-refractivity contribution in [3.8, 4) is 0 Å². The number of nitrogens with one attached hydrogen (secondary N) is 3. The molecule has 0 heterocycles. The van der Waals surface area contributed by atoms with Gasteiger partial charge in [0.1, 0.15) is 12.1 Å². The van der Waals surface area contributed by atoms with Gasteiger partial charge >= 0.3 is 12.0 Å². The van der Waals surface area contributed by atoms with Gasteiger partial charge in [0.15, 0.2) is 0 Å². The predicted octanol–water partition coefficient (Wildman–Crippen LogP) is 2.22. The van der Waals surface area contributed by atoms with Gasteiger partial charge in [-0.15, -0.1) is 0 Å². The van der Waals surface area contributed by atoms with Crippen molar-refractivity contribution in [1.82, 2.24) is 16.0 Å². The second-order valence-corrected chi connectivity index (χ2v) is 10.2. The molecule has 8 heteroatoms. The van der Waals surface area contributed by atoms with Crippen molar-refractivity contribution in [2.75, 3.05) is 6.54 Å². The molecule has 5 unspecified atom stereocenters. The van der Waals surface area contributed by atoms with E-state index >= 15 is 0 Å². The first kappa shape index (κ1) is 24.4. The highest BCUT2D eigenvalue weighted by Crippen LogP contribution is 2.65. The van der Waals surface area contributed by atoms with Crippen LogP contribution in [0.3, 0.4) is 0 Å². The maximum atomic E-state index is 13.1. The van der Waals surface area contributed by atoms with Gasteiger partial charge in [-0.1, -0.05) is 34.6 Å². The molecule has 0 aromatic rings. The molecule has 5 atom stereocenters. The van der Waals surface area contributed by atoms with Crippen LogP contribution in [0.4, 0.5) is 4.79 Å². The highest BCUT2D eigenvalue weighted by atomic mass is 16.4. The number of hydrogen-bond acceptors (Lipinski definition) is 4. The minimum Gasteiger partial charge on any atom is -0.480 e. The first-order valence-electron chi connectivity index (χ1n) is 11.2. The molecule has 2 fully saturated rings. The highest BCUT2D eigenvalue weighted by molar-refractivity contribution is 5.89. The number of rotatable bonds is 10. The normalized spacial score (nSPS) is 28.8. The Morgan fingerprint density at radius 1 is 1.13 bits per heavy atom. The molecule has 0 radical (unpaired) electrons. The van der Waals surface area contributed by atoms with Gasteiger partial charge in [0.2, 0.25) is 5.91 Å². The SMILES string of the molecule is CC(C)C(NC(=O)NC(CCCCN)C(=O)O)C(=O)NC1CC2CCC1(C)C2(C)C. The molecule has 2 rings (SSSR count). The second kappa shape index (κ2) is 9.54. The number of carbonyl (C=O) groups is 3. The van der Waals surface area contributed by atoms with Crippen LogP contribution in [0.15, 0.2) is 0 Å². The van der Waals surface area contributed by atoms with Crippen molar-refractivity contribution < 1.29 is 19.5 Å². The maximum Gasteiger partial charge on any atom is 0.326 e. The Kier molecular flexibility index (Phi) is 7.77. The largest absolute Gasteiger partial charge is 0.480 e. The lowest BCUT2D eigenvalue weighted by molar-refractivity contribution is -0.139. The molecule has 2 bridgehead atoms. The zero-order chi connectivity index (χ0) is 22.7. The minimum absolute atomic E-state index is 0.0501. The third-order valence-electron chi connectivity index (χ3n) is 7.90. The van der Waals surface area contributed by atoms with E-state index < -0.39 is 24.1 Å². The Hall–Kier alpha value is -1.83. The topological polar surface area (TPSA) is 134 Å². The monoisotopic (exact) mass is 424 g/mol. The van der Waals surface area contributed by atoms with E-state index in [0.717, 1.165) is 12.8 Å².